The molecule has 2 heterocycles. The second kappa shape index (κ2) is 11.2. The predicted molar refractivity (Wildman–Crippen MR) is 127 cm³/mol. The van der Waals surface area contributed by atoms with Crippen molar-refractivity contribution >= 4 is 44.9 Å². The predicted octanol–water partition coefficient (Wildman–Crippen LogP) is 4.79. The summed E-state index contributed by atoms with van der Waals surface area (Å²) in [4.78, 5) is 30.2. The first kappa shape index (κ1) is 23.1. The van der Waals surface area contributed by atoms with Gasteiger partial charge in [0.2, 0.25) is 5.91 Å². The summed E-state index contributed by atoms with van der Waals surface area (Å²) >= 11 is 2.66. The molecule has 0 fully saturated rings. The lowest BCUT2D eigenvalue weighted by Crippen LogP contribution is -2.23. The lowest BCUT2D eigenvalue weighted by Gasteiger charge is -2.14. The maximum absolute atomic E-state index is 12.9. The van der Waals surface area contributed by atoms with Crippen molar-refractivity contribution in [2.45, 2.75) is 45.3 Å². The summed E-state index contributed by atoms with van der Waals surface area (Å²) in [7, 11) is 0. The van der Waals surface area contributed by atoms with Gasteiger partial charge in [0.25, 0.3) is 5.56 Å². The highest BCUT2D eigenvalue weighted by Gasteiger charge is 2.15. The number of anilines is 1. The quantitative estimate of drug-likeness (QED) is 0.327. The van der Waals surface area contributed by atoms with E-state index in [9.17, 15) is 9.59 Å². The Hall–Kier alpha value is -2.52. The van der Waals surface area contributed by atoms with Crippen LogP contribution in [-0.2, 0) is 11.3 Å². The van der Waals surface area contributed by atoms with Crippen LogP contribution in [0.15, 0.2) is 39.6 Å². The molecule has 31 heavy (non-hydrogen) atoms. The van der Waals surface area contributed by atoms with Crippen LogP contribution in [0.4, 0.5) is 5.69 Å². The number of hydrogen-bond donors (Lipinski definition) is 1. The molecule has 0 unspecified atom stereocenters. The molecule has 166 valence electrons. The number of nitrogens with zero attached hydrogens (tertiary/aromatic N) is 2. The molecule has 9 heteroatoms. The van der Waals surface area contributed by atoms with Crippen molar-refractivity contribution in [1.82, 2.24) is 9.55 Å². The third-order valence-electron chi connectivity index (χ3n) is 4.43. The van der Waals surface area contributed by atoms with Crippen molar-refractivity contribution < 1.29 is 14.3 Å². The molecule has 3 aromatic rings. The van der Waals surface area contributed by atoms with Gasteiger partial charge in [-0.3, -0.25) is 14.2 Å². The molecule has 1 N–H and O–H groups in total. The van der Waals surface area contributed by atoms with Crippen LogP contribution < -0.4 is 20.3 Å². The summed E-state index contributed by atoms with van der Waals surface area (Å²) in [6, 6.07) is 7.18. The molecule has 1 amide bonds. The van der Waals surface area contributed by atoms with Crippen LogP contribution in [0.3, 0.4) is 0 Å². The van der Waals surface area contributed by atoms with Gasteiger partial charge in [-0.05, 0) is 43.8 Å². The number of unbranched alkanes of at least 4 members (excludes halogenated alkanes) is 1. The van der Waals surface area contributed by atoms with E-state index in [0.717, 1.165) is 12.8 Å². The molecular weight excluding hydrogens is 434 g/mol. The average molecular weight is 462 g/mol. The zero-order valence-corrected chi connectivity index (χ0v) is 19.6. The molecule has 0 aliphatic carbocycles. The van der Waals surface area contributed by atoms with E-state index in [1.807, 2.05) is 31.4 Å². The van der Waals surface area contributed by atoms with Crippen LogP contribution in [0, 0.1) is 0 Å². The van der Waals surface area contributed by atoms with Crippen molar-refractivity contribution in [3.05, 3.63) is 40.0 Å². The van der Waals surface area contributed by atoms with Gasteiger partial charge in [-0.15, -0.1) is 11.3 Å². The number of nitrogens with one attached hydrogen (secondary N) is 1. The third-order valence-corrected chi connectivity index (χ3v) is 6.30. The molecule has 0 radical (unpaired) electrons. The number of carbonyl (C=O) groups is 1. The Bertz CT molecular complexity index is 1090. The number of benzene rings is 1. The van der Waals surface area contributed by atoms with Crippen molar-refractivity contribution in [2.75, 3.05) is 24.3 Å². The van der Waals surface area contributed by atoms with Gasteiger partial charge in [0, 0.05) is 12.6 Å². The molecule has 0 aliphatic rings. The van der Waals surface area contributed by atoms with E-state index < -0.39 is 0 Å². The Kier molecular flexibility index (Phi) is 8.36. The Morgan fingerprint density at radius 2 is 2.00 bits per heavy atom. The Morgan fingerprint density at radius 3 is 2.74 bits per heavy atom. The zero-order chi connectivity index (χ0) is 22.2. The van der Waals surface area contributed by atoms with Gasteiger partial charge in [-0.25, -0.2) is 4.98 Å². The minimum Gasteiger partial charge on any atom is -0.494 e. The number of fused-ring (bicyclic) bond motifs is 1. The van der Waals surface area contributed by atoms with Gasteiger partial charge in [0.15, 0.2) is 5.16 Å². The van der Waals surface area contributed by atoms with E-state index in [1.165, 1.54) is 23.1 Å². The highest BCUT2D eigenvalue weighted by molar-refractivity contribution is 7.99. The first-order chi connectivity index (χ1) is 15.1. The summed E-state index contributed by atoms with van der Waals surface area (Å²) in [6.07, 6.45) is 1.84. The smallest absolute Gasteiger partial charge is 0.272 e. The second-order valence-corrected chi connectivity index (χ2v) is 8.56. The van der Waals surface area contributed by atoms with Gasteiger partial charge in [0.1, 0.15) is 16.2 Å². The fourth-order valence-corrected chi connectivity index (χ4v) is 4.61. The van der Waals surface area contributed by atoms with Crippen LogP contribution in [0.5, 0.6) is 11.5 Å². The normalized spacial score (nSPS) is 10.9. The fourth-order valence-electron chi connectivity index (χ4n) is 3.01. The summed E-state index contributed by atoms with van der Waals surface area (Å²) in [5.41, 5.74) is 1.19. The number of rotatable bonds is 11. The number of carbonyl (C=O) groups excluding carboxylic acids is 1. The minimum atomic E-state index is -0.207. The summed E-state index contributed by atoms with van der Waals surface area (Å²) in [6.45, 7) is 7.48. The Balaban J connectivity index is 1.77. The summed E-state index contributed by atoms with van der Waals surface area (Å²) in [5, 5.41) is 5.32. The van der Waals surface area contributed by atoms with Gasteiger partial charge < -0.3 is 14.8 Å². The lowest BCUT2D eigenvalue weighted by molar-refractivity contribution is -0.113. The van der Waals surface area contributed by atoms with Crippen molar-refractivity contribution in [3.8, 4) is 11.5 Å². The number of ether oxygens (including phenoxy) is 2. The van der Waals surface area contributed by atoms with E-state index in [2.05, 4.69) is 17.2 Å². The van der Waals surface area contributed by atoms with Crippen molar-refractivity contribution in [2.24, 2.45) is 0 Å². The third kappa shape index (κ3) is 5.80. The maximum atomic E-state index is 12.9. The molecule has 0 bridgehead atoms. The standard InChI is InChI=1S/C22H27N3O4S2/c1-4-7-11-25-21(27)20-16(10-12-30-20)24-22(25)31-14-19(26)23-17-13-15(28-5-2)8-9-18(17)29-6-3/h8-10,12-13H,4-7,11,14H2,1-3H3,(H,23,26). The molecule has 0 spiro atoms. The summed E-state index contributed by atoms with van der Waals surface area (Å²) in [5.74, 6) is 1.16. The Labute approximate surface area is 189 Å². The van der Waals surface area contributed by atoms with Crippen molar-refractivity contribution in [1.29, 1.82) is 0 Å². The van der Waals surface area contributed by atoms with E-state index in [1.54, 1.807) is 16.7 Å². The van der Waals surface area contributed by atoms with E-state index in [4.69, 9.17) is 9.47 Å². The highest BCUT2D eigenvalue weighted by atomic mass is 32.2. The first-order valence-corrected chi connectivity index (χ1v) is 12.2. The molecular formula is C22H27N3O4S2. The number of amides is 1. The molecule has 1 aromatic carbocycles. The Morgan fingerprint density at radius 1 is 1.19 bits per heavy atom. The topological polar surface area (TPSA) is 82.5 Å². The number of hydrogen-bond acceptors (Lipinski definition) is 7. The maximum Gasteiger partial charge on any atom is 0.272 e. The minimum absolute atomic E-state index is 0.0422. The summed E-state index contributed by atoms with van der Waals surface area (Å²) < 4.78 is 13.5. The second-order valence-electron chi connectivity index (χ2n) is 6.70. The van der Waals surface area contributed by atoms with E-state index >= 15 is 0 Å². The van der Waals surface area contributed by atoms with Crippen LogP contribution in [0.25, 0.3) is 10.2 Å². The largest absolute Gasteiger partial charge is 0.494 e. The van der Waals surface area contributed by atoms with Gasteiger partial charge in [0.05, 0.1) is 30.2 Å². The number of thioether (sulfide) groups is 1. The highest BCUT2D eigenvalue weighted by Crippen LogP contribution is 2.30. The van der Waals surface area contributed by atoms with Crippen molar-refractivity contribution in [3.63, 3.8) is 0 Å². The first-order valence-electron chi connectivity index (χ1n) is 10.4. The molecule has 0 aliphatic heterocycles. The SMILES string of the molecule is CCCCn1c(SCC(=O)Nc2cc(OCC)ccc2OCC)nc2ccsc2c1=O. The fraction of sp³-hybridized carbons (Fsp3) is 0.409. The van der Waals surface area contributed by atoms with Crippen LogP contribution >= 0.6 is 23.1 Å². The molecule has 7 nitrogen and oxygen atoms in total. The van der Waals surface area contributed by atoms with Gasteiger partial charge in [-0.2, -0.15) is 0 Å². The molecule has 0 saturated heterocycles. The van der Waals surface area contributed by atoms with Crippen LogP contribution in [0.2, 0.25) is 0 Å². The molecule has 2 aromatic heterocycles. The molecule has 0 atom stereocenters. The average Bonchev–Trinajstić information content (AvgIpc) is 3.23. The molecule has 3 rings (SSSR count). The van der Waals surface area contributed by atoms with E-state index in [0.29, 0.717) is 52.3 Å². The molecule has 0 saturated carbocycles. The zero-order valence-electron chi connectivity index (χ0n) is 18.0. The monoisotopic (exact) mass is 461 g/mol. The number of thiophene rings is 1. The van der Waals surface area contributed by atoms with Crippen LogP contribution in [0.1, 0.15) is 33.6 Å². The van der Waals surface area contributed by atoms with Gasteiger partial charge in [-0.1, -0.05) is 25.1 Å². The van der Waals surface area contributed by atoms with E-state index in [-0.39, 0.29) is 17.2 Å². The van der Waals surface area contributed by atoms with Crippen LogP contribution in [-0.4, -0.2) is 34.4 Å². The lowest BCUT2D eigenvalue weighted by atomic mass is 10.2. The number of aromatic nitrogens is 2. The van der Waals surface area contributed by atoms with Gasteiger partial charge >= 0.3 is 0 Å².